The number of carbonyl (C=O) groups is 1. The third-order valence-electron chi connectivity index (χ3n) is 2.51. The van der Waals surface area contributed by atoms with E-state index >= 15 is 0 Å². The first-order valence-corrected chi connectivity index (χ1v) is 6.78. The van der Waals surface area contributed by atoms with E-state index in [0.717, 1.165) is 5.69 Å². The van der Waals surface area contributed by atoms with E-state index in [-0.39, 0.29) is 0 Å². The lowest BCUT2D eigenvalue weighted by atomic mass is 10.2. The lowest BCUT2D eigenvalue weighted by molar-refractivity contribution is 0.0530. The third kappa shape index (κ3) is 6.25. The van der Waals surface area contributed by atoms with Crippen molar-refractivity contribution in [1.82, 2.24) is 5.32 Å². The fourth-order valence-electron chi connectivity index (χ4n) is 1.63. The minimum atomic E-state index is -0.485. The molecule has 0 saturated carbocycles. The molecular weight excluding hydrogens is 272 g/mol. The Bertz CT molecular complexity index is 469. The monoisotopic (exact) mass is 296 g/mol. The molecule has 0 spiro atoms. The maximum atomic E-state index is 11.5. The second-order valence-corrected chi connectivity index (χ2v) is 5.43. The van der Waals surface area contributed by atoms with Gasteiger partial charge >= 0.3 is 6.09 Å². The summed E-state index contributed by atoms with van der Waals surface area (Å²) in [5.41, 5.74) is 0.402. The molecule has 0 aliphatic carbocycles. The smallest absolute Gasteiger partial charge is 0.407 e. The van der Waals surface area contributed by atoms with Crippen molar-refractivity contribution in [2.45, 2.75) is 26.4 Å². The fourth-order valence-corrected chi connectivity index (χ4v) is 1.63. The number of methoxy groups -OCH3 is 2. The summed E-state index contributed by atoms with van der Waals surface area (Å²) in [4.78, 5) is 11.5. The topological polar surface area (TPSA) is 68.8 Å². The van der Waals surface area contributed by atoms with Crippen LogP contribution in [0.3, 0.4) is 0 Å². The van der Waals surface area contributed by atoms with Gasteiger partial charge in [-0.2, -0.15) is 0 Å². The van der Waals surface area contributed by atoms with Crippen LogP contribution in [0, 0.1) is 0 Å². The van der Waals surface area contributed by atoms with E-state index < -0.39 is 11.7 Å². The van der Waals surface area contributed by atoms with Gasteiger partial charge in [-0.25, -0.2) is 4.79 Å². The van der Waals surface area contributed by atoms with Gasteiger partial charge in [0.15, 0.2) is 11.5 Å². The Hall–Kier alpha value is -2.11. The van der Waals surface area contributed by atoms with Crippen molar-refractivity contribution in [3.8, 4) is 11.5 Å². The molecular formula is C15H24N2O4. The highest BCUT2D eigenvalue weighted by molar-refractivity contribution is 5.67. The number of amides is 1. The van der Waals surface area contributed by atoms with Crippen LogP contribution in [0.15, 0.2) is 18.2 Å². The normalized spacial score (nSPS) is 10.7. The number of anilines is 1. The zero-order valence-electron chi connectivity index (χ0n) is 13.3. The predicted molar refractivity (Wildman–Crippen MR) is 82.3 cm³/mol. The number of carbonyl (C=O) groups excluding carboxylic acids is 1. The van der Waals surface area contributed by atoms with E-state index in [1.165, 1.54) is 0 Å². The molecule has 0 fully saturated rings. The molecule has 0 heterocycles. The zero-order chi connectivity index (χ0) is 15.9. The van der Waals surface area contributed by atoms with Crippen LogP contribution in [0.1, 0.15) is 20.8 Å². The SMILES string of the molecule is COc1ccc(NCCNC(=O)OC(C)(C)C)cc1OC. The van der Waals surface area contributed by atoms with Gasteiger partial charge in [0.25, 0.3) is 0 Å². The van der Waals surface area contributed by atoms with Crippen molar-refractivity contribution in [3.05, 3.63) is 18.2 Å². The summed E-state index contributed by atoms with van der Waals surface area (Å²) < 4.78 is 15.5. The van der Waals surface area contributed by atoms with E-state index in [1.54, 1.807) is 14.2 Å². The zero-order valence-corrected chi connectivity index (χ0v) is 13.3. The van der Waals surface area contributed by atoms with Crippen LogP contribution in [-0.4, -0.2) is 39.0 Å². The highest BCUT2D eigenvalue weighted by Crippen LogP contribution is 2.29. The largest absolute Gasteiger partial charge is 0.493 e. The molecule has 1 rings (SSSR count). The Balaban J connectivity index is 2.38. The first-order chi connectivity index (χ1) is 9.85. The van der Waals surface area contributed by atoms with Crippen LogP contribution in [0.5, 0.6) is 11.5 Å². The molecule has 0 bridgehead atoms. The summed E-state index contributed by atoms with van der Waals surface area (Å²) in [5.74, 6) is 1.33. The Morgan fingerprint density at radius 1 is 1.10 bits per heavy atom. The summed E-state index contributed by atoms with van der Waals surface area (Å²) in [5, 5.41) is 5.86. The van der Waals surface area contributed by atoms with Crippen LogP contribution in [0.25, 0.3) is 0 Å². The van der Waals surface area contributed by atoms with Crippen LogP contribution in [0.4, 0.5) is 10.5 Å². The molecule has 1 amide bonds. The van der Waals surface area contributed by atoms with Gasteiger partial charge < -0.3 is 24.8 Å². The Morgan fingerprint density at radius 2 is 1.76 bits per heavy atom. The van der Waals surface area contributed by atoms with Gasteiger partial charge in [-0.15, -0.1) is 0 Å². The first-order valence-electron chi connectivity index (χ1n) is 6.78. The average molecular weight is 296 g/mol. The summed E-state index contributed by atoms with van der Waals surface area (Å²) in [6.07, 6.45) is -0.420. The van der Waals surface area contributed by atoms with Crippen molar-refractivity contribution in [2.24, 2.45) is 0 Å². The van der Waals surface area contributed by atoms with Gasteiger partial charge in [0, 0.05) is 24.8 Å². The van der Waals surface area contributed by atoms with E-state index in [1.807, 2.05) is 39.0 Å². The maximum Gasteiger partial charge on any atom is 0.407 e. The summed E-state index contributed by atoms with van der Waals surface area (Å²) >= 11 is 0. The lowest BCUT2D eigenvalue weighted by Crippen LogP contribution is -2.34. The minimum Gasteiger partial charge on any atom is -0.493 e. The molecule has 0 aliphatic rings. The summed E-state index contributed by atoms with van der Waals surface area (Å²) in [7, 11) is 3.18. The fraction of sp³-hybridized carbons (Fsp3) is 0.533. The van der Waals surface area contributed by atoms with E-state index in [0.29, 0.717) is 24.6 Å². The van der Waals surface area contributed by atoms with Gasteiger partial charge in [-0.1, -0.05) is 0 Å². The summed E-state index contributed by atoms with van der Waals surface area (Å²) in [6.45, 7) is 6.52. The third-order valence-corrected chi connectivity index (χ3v) is 2.51. The van der Waals surface area contributed by atoms with E-state index in [2.05, 4.69) is 10.6 Å². The van der Waals surface area contributed by atoms with Gasteiger partial charge in [0.2, 0.25) is 0 Å². The average Bonchev–Trinajstić information content (AvgIpc) is 2.41. The van der Waals surface area contributed by atoms with Crippen molar-refractivity contribution in [3.63, 3.8) is 0 Å². The molecule has 0 unspecified atom stereocenters. The van der Waals surface area contributed by atoms with Gasteiger partial charge in [-0.05, 0) is 32.9 Å². The van der Waals surface area contributed by atoms with Crippen molar-refractivity contribution in [2.75, 3.05) is 32.6 Å². The first kappa shape index (κ1) is 16.9. The van der Waals surface area contributed by atoms with Crippen molar-refractivity contribution < 1.29 is 19.0 Å². The molecule has 0 aliphatic heterocycles. The van der Waals surface area contributed by atoms with Crippen LogP contribution in [0.2, 0.25) is 0 Å². The summed E-state index contributed by atoms with van der Waals surface area (Å²) in [6, 6.07) is 5.55. The lowest BCUT2D eigenvalue weighted by Gasteiger charge is -2.19. The molecule has 6 nitrogen and oxygen atoms in total. The molecule has 1 aromatic rings. The van der Waals surface area contributed by atoms with Crippen molar-refractivity contribution in [1.29, 1.82) is 0 Å². The molecule has 2 N–H and O–H groups in total. The van der Waals surface area contributed by atoms with Crippen molar-refractivity contribution >= 4 is 11.8 Å². The number of hydrogen-bond acceptors (Lipinski definition) is 5. The molecule has 0 aromatic heterocycles. The molecule has 21 heavy (non-hydrogen) atoms. The van der Waals surface area contributed by atoms with E-state index in [4.69, 9.17) is 14.2 Å². The predicted octanol–water partition coefficient (Wildman–Crippen LogP) is 2.64. The van der Waals surface area contributed by atoms with Gasteiger partial charge in [0.05, 0.1) is 14.2 Å². The number of nitrogens with one attached hydrogen (secondary N) is 2. The molecule has 118 valence electrons. The Morgan fingerprint density at radius 3 is 2.33 bits per heavy atom. The Kier molecular flexibility index (Phi) is 6.14. The molecule has 1 aromatic carbocycles. The second-order valence-electron chi connectivity index (χ2n) is 5.43. The van der Waals surface area contributed by atoms with E-state index in [9.17, 15) is 4.79 Å². The Labute approximate surface area is 125 Å². The van der Waals surface area contributed by atoms with Crippen LogP contribution in [-0.2, 0) is 4.74 Å². The second kappa shape index (κ2) is 7.61. The molecule has 0 saturated heterocycles. The number of alkyl carbamates (subject to hydrolysis) is 1. The highest BCUT2D eigenvalue weighted by atomic mass is 16.6. The highest BCUT2D eigenvalue weighted by Gasteiger charge is 2.15. The number of benzene rings is 1. The van der Waals surface area contributed by atoms with Crippen LogP contribution < -0.4 is 20.1 Å². The van der Waals surface area contributed by atoms with Gasteiger partial charge in [0.1, 0.15) is 5.60 Å². The number of ether oxygens (including phenoxy) is 3. The minimum absolute atomic E-state index is 0.420. The number of rotatable bonds is 6. The van der Waals surface area contributed by atoms with Gasteiger partial charge in [-0.3, -0.25) is 0 Å². The maximum absolute atomic E-state index is 11.5. The molecule has 0 radical (unpaired) electrons. The van der Waals surface area contributed by atoms with Crippen LogP contribution >= 0.6 is 0 Å². The quantitative estimate of drug-likeness (QED) is 0.790. The standard InChI is InChI=1S/C15H24N2O4/c1-15(2,3)21-14(18)17-9-8-16-11-6-7-12(19-4)13(10-11)20-5/h6-7,10,16H,8-9H2,1-5H3,(H,17,18). The number of hydrogen-bond donors (Lipinski definition) is 2. The molecule has 6 heteroatoms. The molecule has 0 atom stereocenters.